The lowest BCUT2D eigenvalue weighted by Crippen LogP contribution is -2.09. The van der Waals surface area contributed by atoms with Gasteiger partial charge in [-0.3, -0.25) is 19.5 Å². The summed E-state index contributed by atoms with van der Waals surface area (Å²) in [6.07, 6.45) is -0.173. The van der Waals surface area contributed by atoms with E-state index in [4.69, 9.17) is 4.42 Å². The van der Waals surface area contributed by atoms with E-state index < -0.39 is 16.8 Å². The molecule has 0 amide bonds. The molecule has 3 aromatic rings. The number of hydrogen-bond acceptors (Lipinski definition) is 7. The Morgan fingerprint density at radius 3 is 2.68 bits per heavy atom. The van der Waals surface area contributed by atoms with E-state index in [0.717, 1.165) is 25.1 Å². The number of halogens is 3. The number of aromatic nitrogens is 6. The average molecular weight is 397 g/mol. The highest BCUT2D eigenvalue weighted by Crippen LogP contribution is 2.42. The van der Waals surface area contributed by atoms with Crippen molar-refractivity contribution in [2.75, 3.05) is 0 Å². The molecule has 28 heavy (non-hydrogen) atoms. The van der Waals surface area contributed by atoms with Crippen molar-refractivity contribution in [1.29, 1.82) is 0 Å². The van der Waals surface area contributed by atoms with E-state index in [0.29, 0.717) is 5.69 Å². The van der Waals surface area contributed by atoms with Gasteiger partial charge in [0.25, 0.3) is 0 Å². The van der Waals surface area contributed by atoms with E-state index >= 15 is 0 Å². The first kappa shape index (κ1) is 18.1. The highest BCUT2D eigenvalue weighted by Gasteiger charge is 2.38. The molecule has 0 spiro atoms. The van der Waals surface area contributed by atoms with Gasteiger partial charge < -0.3 is 4.42 Å². The maximum absolute atomic E-state index is 12.9. The third kappa shape index (κ3) is 3.87. The zero-order chi connectivity index (χ0) is 19.9. The largest absolute Gasteiger partial charge is 0.435 e. The van der Waals surface area contributed by atoms with Crippen molar-refractivity contribution < 1.29 is 22.5 Å². The zero-order valence-corrected chi connectivity index (χ0v) is 14.3. The van der Waals surface area contributed by atoms with Crippen molar-refractivity contribution >= 4 is 5.69 Å². The molecular weight excluding hydrogens is 383 g/mol. The van der Waals surface area contributed by atoms with Gasteiger partial charge in [-0.2, -0.15) is 23.4 Å². The molecule has 0 unspecified atom stereocenters. The van der Waals surface area contributed by atoms with Crippen LogP contribution in [0.4, 0.5) is 18.9 Å². The van der Waals surface area contributed by atoms with E-state index in [9.17, 15) is 23.3 Å². The fourth-order valence-corrected chi connectivity index (χ4v) is 2.76. The van der Waals surface area contributed by atoms with Crippen molar-refractivity contribution in [3.05, 3.63) is 51.7 Å². The molecule has 0 N–H and O–H groups in total. The Morgan fingerprint density at radius 1 is 1.29 bits per heavy atom. The van der Waals surface area contributed by atoms with Gasteiger partial charge in [-0.25, -0.2) is 0 Å². The molecule has 1 aliphatic rings. The monoisotopic (exact) mass is 397 g/mol. The molecule has 0 radical (unpaired) electrons. The van der Waals surface area contributed by atoms with Gasteiger partial charge in [-0.1, -0.05) is 0 Å². The fourth-order valence-electron chi connectivity index (χ4n) is 2.76. The summed E-state index contributed by atoms with van der Waals surface area (Å²) in [6.45, 7) is 0.227. The van der Waals surface area contributed by atoms with Crippen molar-refractivity contribution in [1.82, 2.24) is 29.8 Å². The van der Waals surface area contributed by atoms with Crippen molar-refractivity contribution in [2.45, 2.75) is 44.4 Å². The number of aryl methyl sites for hydroxylation is 2. The lowest BCUT2D eigenvalue weighted by molar-refractivity contribution is -0.385. The van der Waals surface area contributed by atoms with Crippen LogP contribution >= 0.6 is 0 Å². The quantitative estimate of drug-likeness (QED) is 0.444. The van der Waals surface area contributed by atoms with Gasteiger partial charge in [-0.15, -0.1) is 10.2 Å². The van der Waals surface area contributed by atoms with Crippen LogP contribution in [0.25, 0.3) is 0 Å². The smallest absolute Gasteiger partial charge is 0.423 e. The topological polar surface area (TPSA) is 118 Å². The molecule has 13 heteroatoms. The van der Waals surface area contributed by atoms with Crippen LogP contribution in [0.1, 0.15) is 41.9 Å². The van der Waals surface area contributed by atoms with Gasteiger partial charge in [0, 0.05) is 24.6 Å². The minimum Gasteiger partial charge on any atom is -0.423 e. The Labute approximate surface area is 155 Å². The summed E-state index contributed by atoms with van der Waals surface area (Å²) in [5.74, 6) is 0.464. The van der Waals surface area contributed by atoms with Gasteiger partial charge >= 0.3 is 11.9 Å². The third-order valence-electron chi connectivity index (χ3n) is 4.28. The molecule has 3 heterocycles. The van der Waals surface area contributed by atoms with Gasteiger partial charge in [0.1, 0.15) is 18.9 Å². The Hall–Kier alpha value is -3.25. The predicted octanol–water partition coefficient (Wildman–Crippen LogP) is 2.56. The fraction of sp³-hybridized carbons (Fsp3) is 0.467. The van der Waals surface area contributed by atoms with E-state index in [2.05, 4.69) is 20.4 Å². The number of nitrogens with zero attached hydrogens (tertiary/aromatic N) is 7. The minimum atomic E-state index is -4.51. The minimum absolute atomic E-state index is 0.0534. The lowest BCUT2D eigenvalue weighted by Gasteiger charge is -2.03. The molecule has 1 fully saturated rings. The molecule has 148 valence electrons. The molecule has 10 nitrogen and oxygen atoms in total. The molecule has 0 saturated heterocycles. The Morgan fingerprint density at radius 2 is 2.04 bits per heavy atom. The predicted molar refractivity (Wildman–Crippen MR) is 85.2 cm³/mol. The summed E-state index contributed by atoms with van der Waals surface area (Å²) < 4.78 is 46.9. The number of rotatable bonds is 7. The molecular formula is C15H14F3N7O3. The standard InChI is InChI=1S/C15H14F3N7O3/c16-15(17,18)12-5-11(9-1-2-9)24(22-12)8-14-21-20-13(28-14)3-4-23-7-10(6-19-23)25(26)27/h5-7,9H,1-4,8H2. The van der Waals surface area contributed by atoms with E-state index in [1.165, 1.54) is 15.6 Å². The maximum Gasteiger partial charge on any atom is 0.435 e. The van der Waals surface area contributed by atoms with Gasteiger partial charge in [-0.05, 0) is 18.9 Å². The summed E-state index contributed by atoms with van der Waals surface area (Å²) >= 11 is 0. The number of nitro groups is 1. The molecule has 0 aliphatic heterocycles. The summed E-state index contributed by atoms with van der Waals surface area (Å²) in [6, 6.07) is 1.07. The maximum atomic E-state index is 12.9. The first-order valence-corrected chi connectivity index (χ1v) is 8.42. The van der Waals surface area contributed by atoms with Crippen LogP contribution < -0.4 is 0 Å². The summed E-state index contributed by atoms with van der Waals surface area (Å²) in [7, 11) is 0. The molecule has 0 aromatic carbocycles. The normalized spacial score (nSPS) is 14.5. The van der Waals surface area contributed by atoms with E-state index in [-0.39, 0.29) is 42.9 Å². The first-order valence-electron chi connectivity index (χ1n) is 8.42. The second-order valence-electron chi connectivity index (χ2n) is 6.44. The Kier molecular flexibility index (Phi) is 4.35. The molecule has 0 bridgehead atoms. The van der Waals surface area contributed by atoms with E-state index in [1.54, 1.807) is 0 Å². The highest BCUT2D eigenvalue weighted by atomic mass is 19.4. The zero-order valence-electron chi connectivity index (χ0n) is 14.3. The third-order valence-corrected chi connectivity index (χ3v) is 4.28. The van der Waals surface area contributed by atoms with Gasteiger partial charge in [0.2, 0.25) is 11.8 Å². The molecule has 4 rings (SSSR count). The van der Waals surface area contributed by atoms with Gasteiger partial charge in [0.05, 0.1) is 4.92 Å². The number of hydrogen-bond donors (Lipinski definition) is 0. The number of alkyl halides is 3. The average Bonchev–Trinajstić information content (AvgIpc) is 3.04. The van der Waals surface area contributed by atoms with Crippen LogP contribution in [-0.2, 0) is 25.7 Å². The summed E-state index contributed by atoms with van der Waals surface area (Å²) in [5.41, 5.74) is -0.552. The van der Waals surface area contributed by atoms with Crippen LogP contribution in [0.2, 0.25) is 0 Å². The Balaban J connectivity index is 1.43. The molecule has 1 aliphatic carbocycles. The highest BCUT2D eigenvalue weighted by molar-refractivity contribution is 5.22. The van der Waals surface area contributed by atoms with Crippen molar-refractivity contribution in [2.24, 2.45) is 0 Å². The van der Waals surface area contributed by atoms with Crippen molar-refractivity contribution in [3.63, 3.8) is 0 Å². The van der Waals surface area contributed by atoms with Crippen LogP contribution in [0.3, 0.4) is 0 Å². The Bertz CT molecular complexity index is 1000. The van der Waals surface area contributed by atoms with Crippen LogP contribution in [0.15, 0.2) is 22.9 Å². The SMILES string of the molecule is O=[N+]([O-])c1cnn(CCc2nnc(Cn3nc(C(F)(F)F)cc3C3CC3)o2)c1. The lowest BCUT2D eigenvalue weighted by atomic mass is 10.2. The summed E-state index contributed by atoms with van der Waals surface area (Å²) in [4.78, 5) is 10.1. The second-order valence-corrected chi connectivity index (χ2v) is 6.44. The first-order chi connectivity index (χ1) is 13.3. The van der Waals surface area contributed by atoms with Gasteiger partial charge in [0.15, 0.2) is 5.69 Å². The molecule has 3 aromatic heterocycles. The second kappa shape index (κ2) is 6.73. The van der Waals surface area contributed by atoms with Crippen LogP contribution in [0.5, 0.6) is 0 Å². The van der Waals surface area contributed by atoms with Crippen LogP contribution in [0, 0.1) is 10.1 Å². The van der Waals surface area contributed by atoms with Crippen LogP contribution in [-0.4, -0.2) is 34.7 Å². The van der Waals surface area contributed by atoms with E-state index in [1.807, 2.05) is 0 Å². The van der Waals surface area contributed by atoms with Crippen molar-refractivity contribution in [3.8, 4) is 0 Å². The summed E-state index contributed by atoms with van der Waals surface area (Å²) in [5, 5.41) is 25.9. The molecule has 1 saturated carbocycles. The molecule has 0 atom stereocenters.